The molecule has 2 aromatic carbocycles. The van der Waals surface area contributed by atoms with Gasteiger partial charge in [0.1, 0.15) is 5.75 Å². The summed E-state index contributed by atoms with van der Waals surface area (Å²) >= 11 is 12.4. The van der Waals surface area contributed by atoms with E-state index in [9.17, 15) is 14.7 Å². The minimum atomic E-state index is -0.460. The van der Waals surface area contributed by atoms with Crippen molar-refractivity contribution in [1.82, 2.24) is 15.1 Å². The molecule has 0 saturated carbocycles. The monoisotopic (exact) mass is 650 g/mol. The Balaban J connectivity index is 1.90. The summed E-state index contributed by atoms with van der Waals surface area (Å²) in [7, 11) is 2.03. The lowest BCUT2D eigenvalue weighted by Gasteiger charge is -2.36. The van der Waals surface area contributed by atoms with Gasteiger partial charge in [-0.15, -0.1) is 0 Å². The molecule has 0 bridgehead atoms. The normalized spacial score (nSPS) is 20.9. The largest absolute Gasteiger partial charge is 0.490 e. The minimum Gasteiger partial charge on any atom is -0.490 e. The van der Waals surface area contributed by atoms with E-state index >= 15 is 0 Å². The number of amides is 3. The first-order chi connectivity index (χ1) is 20.9. The minimum absolute atomic E-state index is 0.0429. The maximum Gasteiger partial charge on any atom is 0.319 e. The van der Waals surface area contributed by atoms with Crippen molar-refractivity contribution in [2.24, 2.45) is 5.92 Å². The maximum absolute atomic E-state index is 14.2. The number of carbonyl (C=O) groups is 2. The first-order valence-electron chi connectivity index (χ1n) is 15.4. The van der Waals surface area contributed by atoms with Crippen molar-refractivity contribution in [3.63, 3.8) is 0 Å². The molecule has 3 rings (SSSR count). The topological polar surface area (TPSA) is 103 Å². The number of halogens is 2. The molecule has 0 aromatic heterocycles. The Kier molecular flexibility index (Phi) is 14.1. The number of fused-ring (bicyclic) bond motifs is 1. The highest BCUT2D eigenvalue weighted by molar-refractivity contribution is 6.42. The van der Waals surface area contributed by atoms with E-state index in [1.807, 2.05) is 46.9 Å². The van der Waals surface area contributed by atoms with Crippen molar-refractivity contribution >= 4 is 40.8 Å². The summed E-state index contributed by atoms with van der Waals surface area (Å²) in [5.41, 5.74) is 1.85. The second-order valence-corrected chi connectivity index (χ2v) is 13.0. The van der Waals surface area contributed by atoms with Crippen LogP contribution in [0.15, 0.2) is 36.4 Å². The van der Waals surface area contributed by atoms with Crippen molar-refractivity contribution < 1.29 is 24.2 Å². The van der Waals surface area contributed by atoms with Crippen LogP contribution in [0.2, 0.25) is 10.0 Å². The molecule has 3 amide bonds. The third-order valence-corrected chi connectivity index (χ3v) is 8.40. The van der Waals surface area contributed by atoms with Crippen molar-refractivity contribution in [1.29, 1.82) is 0 Å². The van der Waals surface area contributed by atoms with Crippen molar-refractivity contribution in [2.45, 2.75) is 84.7 Å². The van der Waals surface area contributed by atoms with E-state index in [-0.39, 0.29) is 42.7 Å². The number of benzene rings is 2. The summed E-state index contributed by atoms with van der Waals surface area (Å²) in [6.07, 6.45) is 2.27. The third-order valence-electron chi connectivity index (χ3n) is 7.66. The fourth-order valence-electron chi connectivity index (χ4n) is 5.21. The summed E-state index contributed by atoms with van der Waals surface area (Å²) in [4.78, 5) is 30.5. The fourth-order valence-corrected chi connectivity index (χ4v) is 5.53. The standard InChI is InChI=1S/C33H48Cl2N4O5/c1-21(2)36-33(42)37-26-11-13-30-27(16-26)32(41)39(23(4)20-40)17-22(3)31(43-14-8-7-9-24(5)44-30)19-38(6)18-25-10-12-28(34)29(35)15-25/h10-13,15-16,21-24,31,40H,7-9,14,17-20H2,1-6H3,(H2,36,37,42)/t22-,23-,24+,31+/m1/s1. The zero-order chi connectivity index (χ0) is 32.4. The molecule has 0 aliphatic carbocycles. The Bertz CT molecular complexity index is 1250. The van der Waals surface area contributed by atoms with E-state index in [0.29, 0.717) is 53.3 Å². The van der Waals surface area contributed by atoms with E-state index in [1.165, 1.54) is 0 Å². The number of ether oxygens (including phenoxy) is 2. The predicted molar refractivity (Wildman–Crippen MR) is 177 cm³/mol. The Morgan fingerprint density at radius 3 is 2.55 bits per heavy atom. The number of hydrogen-bond acceptors (Lipinski definition) is 6. The SMILES string of the molecule is CC(C)NC(=O)Nc1ccc2c(c1)C(=O)N([C@H](C)CO)C[C@@H](C)[C@H](CN(C)Cc1ccc(Cl)c(Cl)c1)OCCCC[C@H](C)O2. The van der Waals surface area contributed by atoms with Crippen molar-refractivity contribution in [3.05, 3.63) is 57.6 Å². The molecule has 44 heavy (non-hydrogen) atoms. The van der Waals surface area contributed by atoms with Crippen LogP contribution in [0.3, 0.4) is 0 Å². The molecule has 1 aliphatic rings. The Morgan fingerprint density at radius 1 is 1.11 bits per heavy atom. The zero-order valence-corrected chi connectivity index (χ0v) is 28.3. The number of anilines is 1. The number of aliphatic hydroxyl groups excluding tert-OH is 1. The van der Waals surface area contributed by atoms with Crippen LogP contribution < -0.4 is 15.4 Å². The molecule has 0 radical (unpaired) electrons. The molecule has 11 heteroatoms. The first-order valence-corrected chi connectivity index (χ1v) is 16.2. The van der Waals surface area contributed by atoms with Crippen LogP contribution in [-0.2, 0) is 11.3 Å². The Hall–Kier alpha value is -2.56. The average molecular weight is 652 g/mol. The van der Waals surface area contributed by atoms with E-state index in [4.69, 9.17) is 32.7 Å². The van der Waals surface area contributed by atoms with Crippen LogP contribution >= 0.6 is 23.2 Å². The molecule has 1 aliphatic heterocycles. The molecule has 0 unspecified atom stereocenters. The van der Waals surface area contributed by atoms with Crippen LogP contribution in [0.1, 0.15) is 69.8 Å². The van der Waals surface area contributed by atoms with E-state index < -0.39 is 6.04 Å². The molecule has 3 N–H and O–H groups in total. The van der Waals surface area contributed by atoms with Gasteiger partial charge < -0.3 is 30.1 Å². The molecular weight excluding hydrogens is 603 g/mol. The van der Waals surface area contributed by atoms with Crippen LogP contribution in [0.25, 0.3) is 0 Å². The number of aliphatic hydroxyl groups is 1. The first kappa shape index (κ1) is 35.9. The van der Waals surface area contributed by atoms with Gasteiger partial charge in [-0.25, -0.2) is 4.79 Å². The molecule has 0 fully saturated rings. The highest BCUT2D eigenvalue weighted by Gasteiger charge is 2.30. The number of likely N-dealkylation sites (N-methyl/N-ethyl adjacent to an activating group) is 1. The quantitative estimate of drug-likeness (QED) is 0.303. The van der Waals surface area contributed by atoms with E-state index in [2.05, 4.69) is 22.5 Å². The summed E-state index contributed by atoms with van der Waals surface area (Å²) < 4.78 is 12.7. The number of urea groups is 1. The highest BCUT2D eigenvalue weighted by Crippen LogP contribution is 2.29. The van der Waals surface area contributed by atoms with Gasteiger partial charge in [0.2, 0.25) is 0 Å². The van der Waals surface area contributed by atoms with Gasteiger partial charge in [-0.1, -0.05) is 36.2 Å². The predicted octanol–water partition coefficient (Wildman–Crippen LogP) is 6.45. The van der Waals surface area contributed by atoms with Crippen LogP contribution in [-0.4, -0.2) is 84.5 Å². The fraction of sp³-hybridized carbons (Fsp3) is 0.576. The molecule has 2 aromatic rings. The maximum atomic E-state index is 14.2. The van der Waals surface area contributed by atoms with Crippen LogP contribution in [0.5, 0.6) is 5.75 Å². The zero-order valence-electron chi connectivity index (χ0n) is 26.7. The van der Waals surface area contributed by atoms with Gasteiger partial charge in [-0.05, 0) is 89.9 Å². The second-order valence-electron chi connectivity index (χ2n) is 12.2. The molecular formula is C33H48Cl2N4O5. The number of nitrogens with one attached hydrogen (secondary N) is 2. The molecule has 244 valence electrons. The highest BCUT2D eigenvalue weighted by atomic mass is 35.5. The summed E-state index contributed by atoms with van der Waals surface area (Å²) in [6.45, 7) is 11.7. The van der Waals surface area contributed by atoms with Gasteiger partial charge in [0, 0.05) is 43.9 Å². The van der Waals surface area contributed by atoms with Crippen LogP contribution in [0, 0.1) is 5.92 Å². The van der Waals surface area contributed by atoms with Gasteiger partial charge in [0.25, 0.3) is 5.91 Å². The summed E-state index contributed by atoms with van der Waals surface area (Å²) in [5, 5.41) is 16.8. The second kappa shape index (κ2) is 17.2. The lowest BCUT2D eigenvalue weighted by Crippen LogP contribution is -2.47. The molecule has 9 nitrogen and oxygen atoms in total. The third kappa shape index (κ3) is 10.8. The van der Waals surface area contributed by atoms with Crippen LogP contribution in [0.4, 0.5) is 10.5 Å². The Morgan fingerprint density at radius 2 is 1.86 bits per heavy atom. The van der Waals surface area contributed by atoms with Gasteiger partial charge >= 0.3 is 6.03 Å². The van der Waals surface area contributed by atoms with Crippen molar-refractivity contribution in [3.8, 4) is 5.75 Å². The van der Waals surface area contributed by atoms with E-state index in [1.54, 1.807) is 29.2 Å². The number of carbonyl (C=O) groups excluding carboxylic acids is 2. The van der Waals surface area contributed by atoms with Gasteiger partial charge in [0.05, 0.1) is 40.5 Å². The lowest BCUT2D eigenvalue weighted by molar-refractivity contribution is -0.0177. The van der Waals surface area contributed by atoms with Gasteiger partial charge in [-0.3, -0.25) is 9.69 Å². The molecule has 0 saturated heterocycles. The number of hydrogen-bond donors (Lipinski definition) is 3. The lowest BCUT2D eigenvalue weighted by atomic mass is 10.0. The molecule has 1 heterocycles. The number of rotatable bonds is 8. The summed E-state index contributed by atoms with van der Waals surface area (Å²) in [6, 6.07) is 9.89. The Labute approximate surface area is 272 Å². The van der Waals surface area contributed by atoms with Gasteiger partial charge in [0.15, 0.2) is 0 Å². The number of nitrogens with zero attached hydrogens (tertiary/aromatic N) is 2. The van der Waals surface area contributed by atoms with Gasteiger partial charge in [-0.2, -0.15) is 0 Å². The van der Waals surface area contributed by atoms with E-state index in [0.717, 1.165) is 24.8 Å². The smallest absolute Gasteiger partial charge is 0.319 e. The molecule has 0 spiro atoms. The molecule has 4 atom stereocenters. The summed E-state index contributed by atoms with van der Waals surface area (Å²) in [5.74, 6) is 0.105. The average Bonchev–Trinajstić information content (AvgIpc) is 2.96. The van der Waals surface area contributed by atoms with Crippen molar-refractivity contribution in [2.75, 3.05) is 38.7 Å².